The number of ether oxygens (including phenoxy) is 2. The first-order valence-electron chi connectivity index (χ1n) is 10.7. The van der Waals surface area contributed by atoms with Crippen molar-refractivity contribution in [2.75, 3.05) is 25.6 Å². The Morgan fingerprint density at radius 2 is 1.83 bits per heavy atom. The number of anilines is 1. The Morgan fingerprint density at radius 3 is 2.60 bits per heavy atom. The maximum atomic E-state index is 13.1. The van der Waals surface area contributed by atoms with Crippen LogP contribution in [-0.4, -0.2) is 41.8 Å². The second-order valence-corrected chi connectivity index (χ2v) is 9.62. The second kappa shape index (κ2) is 11.3. The van der Waals surface area contributed by atoms with Crippen LogP contribution < -0.4 is 10.9 Å². The first-order valence-corrected chi connectivity index (χ1v) is 12.4. The molecule has 0 saturated carbocycles. The molecule has 0 radical (unpaired) electrons. The van der Waals surface area contributed by atoms with E-state index in [-0.39, 0.29) is 31.2 Å². The summed E-state index contributed by atoms with van der Waals surface area (Å²) in [6.07, 6.45) is 1.32. The highest BCUT2D eigenvalue weighted by atomic mass is 32.2. The fourth-order valence-corrected chi connectivity index (χ4v) is 5.32. The number of hydrogen-bond acceptors (Lipinski definition) is 8. The van der Waals surface area contributed by atoms with Crippen LogP contribution in [0.3, 0.4) is 0 Å². The van der Waals surface area contributed by atoms with Gasteiger partial charge in [-0.2, -0.15) is 0 Å². The second-order valence-electron chi connectivity index (χ2n) is 7.50. The van der Waals surface area contributed by atoms with Gasteiger partial charge in [0, 0.05) is 16.9 Å². The highest BCUT2D eigenvalue weighted by Gasteiger charge is 2.21. The molecular formula is C25H23N3O5S2. The van der Waals surface area contributed by atoms with Crippen molar-refractivity contribution in [3.8, 4) is 0 Å². The maximum absolute atomic E-state index is 13.1. The Kier molecular flexibility index (Phi) is 7.96. The minimum absolute atomic E-state index is 0.116. The molecule has 0 atom stereocenters. The lowest BCUT2D eigenvalue weighted by atomic mass is 10.2. The molecule has 8 nitrogen and oxygen atoms in total. The normalized spacial score (nSPS) is 10.9. The van der Waals surface area contributed by atoms with Gasteiger partial charge < -0.3 is 14.8 Å². The molecule has 0 aliphatic carbocycles. The van der Waals surface area contributed by atoms with E-state index in [1.165, 1.54) is 29.8 Å². The molecule has 0 unspecified atom stereocenters. The van der Waals surface area contributed by atoms with Gasteiger partial charge >= 0.3 is 5.97 Å². The number of nitrogens with zero attached hydrogens (tertiary/aromatic N) is 2. The minimum Gasteiger partial charge on any atom is -0.459 e. The Bertz CT molecular complexity index is 1420. The van der Waals surface area contributed by atoms with Crippen molar-refractivity contribution in [3.63, 3.8) is 0 Å². The predicted molar refractivity (Wildman–Crippen MR) is 136 cm³/mol. The fourth-order valence-electron chi connectivity index (χ4n) is 3.37. The van der Waals surface area contributed by atoms with E-state index in [2.05, 4.69) is 10.3 Å². The number of carbonyl (C=O) groups excluding carboxylic acids is 2. The van der Waals surface area contributed by atoms with Crippen molar-refractivity contribution in [1.82, 2.24) is 9.55 Å². The number of esters is 1. The maximum Gasteiger partial charge on any atom is 0.348 e. The third-order valence-electron chi connectivity index (χ3n) is 5.07. The molecule has 2 aromatic heterocycles. The molecule has 0 saturated heterocycles. The Labute approximate surface area is 209 Å². The zero-order chi connectivity index (χ0) is 24.8. The molecule has 0 fully saturated rings. The average molecular weight is 510 g/mol. The molecule has 2 heterocycles. The van der Waals surface area contributed by atoms with E-state index in [9.17, 15) is 14.4 Å². The number of methoxy groups -OCH3 is 1. The summed E-state index contributed by atoms with van der Waals surface area (Å²) < 4.78 is 11.3. The van der Waals surface area contributed by atoms with Gasteiger partial charge in [0.15, 0.2) is 0 Å². The molecule has 1 amide bonds. The van der Waals surface area contributed by atoms with Gasteiger partial charge in [-0.3, -0.25) is 14.2 Å². The first kappa shape index (κ1) is 24.6. The van der Waals surface area contributed by atoms with Crippen molar-refractivity contribution < 1.29 is 19.1 Å². The van der Waals surface area contributed by atoms with E-state index in [0.29, 0.717) is 26.3 Å². The predicted octanol–water partition coefficient (Wildman–Crippen LogP) is 4.36. The van der Waals surface area contributed by atoms with E-state index in [1.54, 1.807) is 6.92 Å². The van der Waals surface area contributed by atoms with E-state index in [0.717, 1.165) is 21.1 Å². The number of aromatic nitrogens is 2. The zero-order valence-electron chi connectivity index (χ0n) is 19.1. The molecule has 10 heteroatoms. The summed E-state index contributed by atoms with van der Waals surface area (Å²) in [7, 11) is 1.52. The summed E-state index contributed by atoms with van der Waals surface area (Å²) in [4.78, 5) is 45.3. The molecule has 0 aliphatic heterocycles. The number of fused-ring (bicyclic) bond motifs is 1. The molecule has 4 aromatic rings. The third-order valence-corrected chi connectivity index (χ3v) is 7.33. The lowest BCUT2D eigenvalue weighted by Gasteiger charge is -2.11. The molecule has 2 aromatic carbocycles. The van der Waals surface area contributed by atoms with Crippen molar-refractivity contribution in [3.05, 3.63) is 81.7 Å². The lowest BCUT2D eigenvalue weighted by molar-refractivity contribution is -0.116. The van der Waals surface area contributed by atoms with Crippen molar-refractivity contribution in [1.29, 1.82) is 0 Å². The number of aryl methyl sites for hydroxylation is 1. The van der Waals surface area contributed by atoms with Crippen LogP contribution in [0.2, 0.25) is 0 Å². The van der Waals surface area contributed by atoms with Gasteiger partial charge in [0.25, 0.3) is 5.56 Å². The monoisotopic (exact) mass is 509 g/mol. The van der Waals surface area contributed by atoms with Gasteiger partial charge in [0.05, 0.1) is 24.0 Å². The number of carbonyl (C=O) groups is 2. The van der Waals surface area contributed by atoms with Crippen LogP contribution in [0.1, 0.15) is 15.2 Å². The highest BCUT2D eigenvalue weighted by Crippen LogP contribution is 2.33. The number of rotatable bonds is 9. The van der Waals surface area contributed by atoms with Crippen LogP contribution in [0.25, 0.3) is 10.2 Å². The number of amides is 1. The van der Waals surface area contributed by atoms with Gasteiger partial charge in [-0.15, -0.1) is 11.3 Å². The molecule has 180 valence electrons. The van der Waals surface area contributed by atoms with Gasteiger partial charge in [-0.05, 0) is 36.8 Å². The number of nitrogens with one attached hydrogen (secondary N) is 1. The van der Waals surface area contributed by atoms with E-state index in [1.807, 2.05) is 54.6 Å². The average Bonchev–Trinajstić information content (AvgIpc) is 3.20. The Balaban J connectivity index is 1.52. The summed E-state index contributed by atoms with van der Waals surface area (Å²) in [5.41, 5.74) is 0.757. The van der Waals surface area contributed by atoms with Gasteiger partial charge in [0.1, 0.15) is 22.9 Å². The summed E-state index contributed by atoms with van der Waals surface area (Å²) in [6.45, 7) is 1.86. The van der Waals surface area contributed by atoms with Crippen LogP contribution in [0.5, 0.6) is 0 Å². The SMILES string of the molecule is COCCOC(=O)c1sc2ncn(CC(=O)Nc3ccccc3Sc3ccccc3)c(=O)c2c1C. The molecule has 0 bridgehead atoms. The summed E-state index contributed by atoms with van der Waals surface area (Å²) >= 11 is 2.63. The molecule has 35 heavy (non-hydrogen) atoms. The molecule has 4 rings (SSSR count). The van der Waals surface area contributed by atoms with Gasteiger partial charge in [-0.25, -0.2) is 9.78 Å². The van der Waals surface area contributed by atoms with E-state index in [4.69, 9.17) is 9.47 Å². The standard InChI is InChI=1S/C25H23N3O5S2/c1-16-21-23(35-22(16)25(31)33-13-12-32-2)26-15-28(24(21)30)14-20(29)27-18-10-6-7-11-19(18)34-17-8-4-3-5-9-17/h3-11,15H,12-14H2,1-2H3,(H,27,29). The van der Waals surface area contributed by atoms with Crippen LogP contribution in [0, 0.1) is 6.92 Å². The number of hydrogen-bond donors (Lipinski definition) is 1. The van der Waals surface area contributed by atoms with Crippen LogP contribution in [-0.2, 0) is 20.8 Å². The van der Waals surface area contributed by atoms with Crippen molar-refractivity contribution >= 4 is 50.9 Å². The Hall–Kier alpha value is -3.47. The van der Waals surface area contributed by atoms with Gasteiger partial charge in [-0.1, -0.05) is 42.1 Å². The summed E-state index contributed by atoms with van der Waals surface area (Å²) in [5.74, 6) is -0.889. The van der Waals surface area contributed by atoms with E-state index < -0.39 is 5.97 Å². The molecule has 1 N–H and O–H groups in total. The number of para-hydroxylation sites is 1. The fraction of sp³-hybridized carbons (Fsp3) is 0.200. The smallest absolute Gasteiger partial charge is 0.348 e. The Morgan fingerprint density at radius 1 is 1.09 bits per heavy atom. The number of thiophene rings is 1. The largest absolute Gasteiger partial charge is 0.459 e. The summed E-state index contributed by atoms with van der Waals surface area (Å²) in [6, 6.07) is 17.3. The zero-order valence-corrected chi connectivity index (χ0v) is 20.8. The quantitative estimate of drug-likeness (QED) is 0.264. The van der Waals surface area contributed by atoms with Gasteiger partial charge in [0.2, 0.25) is 5.91 Å². The summed E-state index contributed by atoms with van der Waals surface area (Å²) in [5, 5.41) is 3.20. The molecule has 0 aliphatic rings. The molecule has 0 spiro atoms. The van der Waals surface area contributed by atoms with Crippen LogP contribution in [0.15, 0.2) is 75.5 Å². The van der Waals surface area contributed by atoms with Crippen LogP contribution >= 0.6 is 23.1 Å². The molecular weight excluding hydrogens is 486 g/mol. The highest BCUT2D eigenvalue weighted by molar-refractivity contribution is 7.99. The third kappa shape index (κ3) is 5.79. The van der Waals surface area contributed by atoms with Crippen molar-refractivity contribution in [2.24, 2.45) is 0 Å². The number of benzene rings is 2. The van der Waals surface area contributed by atoms with Crippen LogP contribution in [0.4, 0.5) is 5.69 Å². The lowest BCUT2D eigenvalue weighted by Crippen LogP contribution is -2.28. The van der Waals surface area contributed by atoms with E-state index >= 15 is 0 Å². The minimum atomic E-state index is -0.529. The van der Waals surface area contributed by atoms with Crippen molar-refractivity contribution in [2.45, 2.75) is 23.3 Å². The topological polar surface area (TPSA) is 99.5 Å². The first-order chi connectivity index (χ1) is 17.0.